The minimum Gasteiger partial charge on any atom is -0.481 e. The number of hydrogen-bond acceptors (Lipinski definition) is 2. The fraction of sp³-hybridized carbons (Fsp3) is 0.400. The van der Waals surface area contributed by atoms with E-state index < -0.39 is 12.4 Å². The maximum atomic E-state index is 12.5. The van der Waals surface area contributed by atoms with Crippen LogP contribution in [0.2, 0.25) is 0 Å². The number of carboxylic acid groups (broad SMARTS) is 1. The number of aliphatic carboxylic acids is 1. The van der Waals surface area contributed by atoms with Crippen molar-refractivity contribution in [2.24, 2.45) is 0 Å². The largest absolute Gasteiger partial charge is 0.481 e. The molecule has 1 heterocycles. The first-order valence-electron chi connectivity index (χ1n) is 4.51. The van der Waals surface area contributed by atoms with Gasteiger partial charge < -0.3 is 5.11 Å². The van der Waals surface area contributed by atoms with Crippen molar-refractivity contribution in [3.05, 3.63) is 28.6 Å². The van der Waals surface area contributed by atoms with Gasteiger partial charge in [-0.05, 0) is 24.1 Å². The maximum absolute atomic E-state index is 12.5. The van der Waals surface area contributed by atoms with Crippen LogP contribution in [-0.2, 0) is 16.5 Å². The lowest BCUT2D eigenvalue weighted by Gasteiger charge is -2.10. The van der Waals surface area contributed by atoms with Crippen molar-refractivity contribution >= 4 is 21.9 Å². The minimum atomic E-state index is -2.68. The highest BCUT2D eigenvalue weighted by Crippen LogP contribution is 2.23. The molecular formula is C10H10BrF2NO2. The van der Waals surface area contributed by atoms with Crippen LogP contribution in [0.25, 0.3) is 0 Å². The summed E-state index contributed by atoms with van der Waals surface area (Å²) in [6.45, 7) is 1.66. The molecule has 0 bridgehead atoms. The van der Waals surface area contributed by atoms with E-state index in [4.69, 9.17) is 5.11 Å². The Bertz CT molecular complexity index is 410. The van der Waals surface area contributed by atoms with Gasteiger partial charge in [-0.2, -0.15) is 0 Å². The topological polar surface area (TPSA) is 50.2 Å². The van der Waals surface area contributed by atoms with Crippen LogP contribution in [0.5, 0.6) is 0 Å². The summed E-state index contributed by atoms with van der Waals surface area (Å²) in [5, 5.41) is 9.07. The SMILES string of the molecule is Cc1cc(C(F)F)nc(CC(=O)O)c1CBr. The normalized spacial score (nSPS) is 10.8. The second kappa shape index (κ2) is 5.34. The molecule has 88 valence electrons. The third kappa shape index (κ3) is 2.98. The molecule has 0 aliphatic heterocycles. The fourth-order valence-electron chi connectivity index (χ4n) is 1.38. The molecule has 6 heteroatoms. The zero-order valence-corrected chi connectivity index (χ0v) is 10.1. The van der Waals surface area contributed by atoms with Crippen LogP contribution in [0.1, 0.15) is 28.9 Å². The van der Waals surface area contributed by atoms with E-state index in [-0.39, 0.29) is 17.8 Å². The van der Waals surface area contributed by atoms with Gasteiger partial charge in [0, 0.05) is 5.33 Å². The van der Waals surface area contributed by atoms with Crippen LogP contribution in [0, 0.1) is 6.92 Å². The van der Waals surface area contributed by atoms with Gasteiger partial charge in [0.05, 0.1) is 12.1 Å². The molecular weight excluding hydrogens is 284 g/mol. The van der Waals surface area contributed by atoms with Gasteiger partial charge >= 0.3 is 5.97 Å². The van der Waals surface area contributed by atoms with Crippen LogP contribution >= 0.6 is 15.9 Å². The van der Waals surface area contributed by atoms with Gasteiger partial charge in [-0.15, -0.1) is 0 Å². The van der Waals surface area contributed by atoms with Gasteiger partial charge in [-0.25, -0.2) is 8.78 Å². The average Bonchev–Trinajstić information content (AvgIpc) is 2.16. The summed E-state index contributed by atoms with van der Waals surface area (Å²) in [6, 6.07) is 1.28. The Morgan fingerprint density at radius 3 is 2.69 bits per heavy atom. The Morgan fingerprint density at radius 1 is 1.62 bits per heavy atom. The maximum Gasteiger partial charge on any atom is 0.309 e. The van der Waals surface area contributed by atoms with Crippen LogP contribution in [0.15, 0.2) is 6.07 Å². The highest BCUT2D eigenvalue weighted by atomic mass is 79.9. The number of carboxylic acids is 1. The van der Waals surface area contributed by atoms with Crippen molar-refractivity contribution in [2.75, 3.05) is 0 Å². The standard InChI is InChI=1S/C10H10BrF2NO2/c1-5-2-8(10(12)13)14-7(3-9(15)16)6(5)4-11/h2,10H,3-4H2,1H3,(H,15,16). The lowest BCUT2D eigenvalue weighted by molar-refractivity contribution is -0.136. The van der Waals surface area contributed by atoms with Gasteiger partial charge in [0.25, 0.3) is 6.43 Å². The summed E-state index contributed by atoms with van der Waals surface area (Å²) in [7, 11) is 0. The monoisotopic (exact) mass is 293 g/mol. The molecule has 0 atom stereocenters. The Morgan fingerprint density at radius 2 is 2.25 bits per heavy atom. The zero-order valence-electron chi connectivity index (χ0n) is 8.51. The van der Waals surface area contributed by atoms with E-state index in [9.17, 15) is 13.6 Å². The van der Waals surface area contributed by atoms with Crippen molar-refractivity contribution in [3.8, 4) is 0 Å². The molecule has 0 saturated heterocycles. The lowest BCUT2D eigenvalue weighted by atomic mass is 10.1. The molecule has 0 aliphatic carbocycles. The number of pyridine rings is 1. The first kappa shape index (κ1) is 13.0. The van der Waals surface area contributed by atoms with Crippen molar-refractivity contribution in [2.45, 2.75) is 25.1 Å². The second-order valence-corrected chi connectivity index (χ2v) is 3.85. The van der Waals surface area contributed by atoms with Crippen LogP contribution < -0.4 is 0 Å². The van der Waals surface area contributed by atoms with Crippen LogP contribution in [0.3, 0.4) is 0 Å². The Labute approximate surface area is 99.6 Å². The molecule has 1 N–H and O–H groups in total. The highest BCUT2D eigenvalue weighted by molar-refractivity contribution is 9.08. The van der Waals surface area contributed by atoms with Gasteiger partial charge in [0.2, 0.25) is 0 Å². The average molecular weight is 294 g/mol. The van der Waals surface area contributed by atoms with E-state index in [1.807, 2.05) is 0 Å². The van der Waals surface area contributed by atoms with E-state index in [1.165, 1.54) is 6.07 Å². The molecule has 0 unspecified atom stereocenters. The van der Waals surface area contributed by atoms with Gasteiger partial charge in [0.1, 0.15) is 5.69 Å². The van der Waals surface area contributed by atoms with E-state index in [0.717, 1.165) is 0 Å². The predicted octanol–water partition coefficient (Wildman–Crippen LogP) is 2.85. The second-order valence-electron chi connectivity index (χ2n) is 3.29. The first-order chi connectivity index (χ1) is 7.45. The molecule has 1 aromatic heterocycles. The molecule has 1 rings (SSSR count). The van der Waals surface area contributed by atoms with E-state index in [1.54, 1.807) is 6.92 Å². The number of carbonyl (C=O) groups is 1. The van der Waals surface area contributed by atoms with Crippen molar-refractivity contribution < 1.29 is 18.7 Å². The lowest BCUT2D eigenvalue weighted by Crippen LogP contribution is -2.09. The molecule has 0 aliphatic rings. The third-order valence-electron chi connectivity index (χ3n) is 2.13. The zero-order chi connectivity index (χ0) is 12.3. The Balaban J connectivity index is 3.24. The quantitative estimate of drug-likeness (QED) is 0.869. The Kier molecular flexibility index (Phi) is 4.35. The van der Waals surface area contributed by atoms with E-state index in [2.05, 4.69) is 20.9 Å². The van der Waals surface area contributed by atoms with Crippen molar-refractivity contribution in [1.29, 1.82) is 0 Å². The highest BCUT2D eigenvalue weighted by Gasteiger charge is 2.16. The number of alkyl halides is 3. The predicted molar refractivity (Wildman–Crippen MR) is 57.9 cm³/mol. The Hall–Kier alpha value is -1.04. The third-order valence-corrected chi connectivity index (χ3v) is 2.69. The van der Waals surface area contributed by atoms with Crippen molar-refractivity contribution in [1.82, 2.24) is 4.98 Å². The van der Waals surface area contributed by atoms with Gasteiger partial charge in [-0.1, -0.05) is 15.9 Å². The molecule has 3 nitrogen and oxygen atoms in total. The molecule has 0 saturated carbocycles. The summed E-state index contributed by atoms with van der Waals surface area (Å²) in [4.78, 5) is 14.3. The van der Waals surface area contributed by atoms with Crippen LogP contribution in [-0.4, -0.2) is 16.1 Å². The minimum absolute atomic E-state index is 0.194. The summed E-state index contributed by atoms with van der Waals surface area (Å²) >= 11 is 3.19. The van der Waals surface area contributed by atoms with Gasteiger partial charge in [-0.3, -0.25) is 9.78 Å². The number of rotatable bonds is 4. The summed E-state index contributed by atoms with van der Waals surface area (Å²) in [5.41, 5.74) is 1.10. The number of aromatic nitrogens is 1. The number of hydrogen-bond donors (Lipinski definition) is 1. The molecule has 0 fully saturated rings. The number of nitrogens with zero attached hydrogens (tertiary/aromatic N) is 1. The molecule has 0 radical (unpaired) electrons. The summed E-state index contributed by atoms with van der Waals surface area (Å²) in [5.74, 6) is -1.08. The molecule has 0 amide bonds. The van der Waals surface area contributed by atoms with E-state index >= 15 is 0 Å². The smallest absolute Gasteiger partial charge is 0.309 e. The number of halogens is 3. The van der Waals surface area contributed by atoms with Crippen LogP contribution in [0.4, 0.5) is 8.78 Å². The summed E-state index contributed by atoms with van der Waals surface area (Å²) in [6.07, 6.45) is -3.03. The summed E-state index contributed by atoms with van der Waals surface area (Å²) < 4.78 is 25.0. The first-order valence-corrected chi connectivity index (χ1v) is 5.63. The van der Waals surface area contributed by atoms with Crippen molar-refractivity contribution in [3.63, 3.8) is 0 Å². The molecule has 16 heavy (non-hydrogen) atoms. The molecule has 1 aromatic rings. The van der Waals surface area contributed by atoms with E-state index in [0.29, 0.717) is 16.5 Å². The van der Waals surface area contributed by atoms with Gasteiger partial charge in [0.15, 0.2) is 0 Å². The fourth-order valence-corrected chi connectivity index (χ4v) is 2.14. The molecule has 0 aromatic carbocycles. The molecule has 0 spiro atoms. The number of aryl methyl sites for hydroxylation is 1.